The number of methoxy groups -OCH3 is 1. The highest BCUT2D eigenvalue weighted by atomic mass is 16.5. The number of ether oxygens (including phenoxy) is 1. The molecule has 4 aromatic rings. The first-order chi connectivity index (χ1) is 13.2. The van der Waals surface area contributed by atoms with E-state index in [-0.39, 0.29) is 11.5 Å². The van der Waals surface area contributed by atoms with Crippen LogP contribution in [0.3, 0.4) is 0 Å². The highest BCUT2D eigenvalue weighted by molar-refractivity contribution is 6.10. The smallest absolute Gasteiger partial charge is 0.326 e. The molecule has 0 amide bonds. The maximum absolute atomic E-state index is 12.6. The molecule has 0 spiro atoms. The minimum Gasteiger partial charge on any atom is -0.497 e. The number of carbonyl (C=O) groups excluding carboxylic acids is 1. The van der Waals surface area contributed by atoms with Crippen LogP contribution in [0.5, 0.6) is 5.75 Å². The van der Waals surface area contributed by atoms with Gasteiger partial charge in [0.25, 0.3) is 0 Å². The second-order valence-corrected chi connectivity index (χ2v) is 6.29. The van der Waals surface area contributed by atoms with Crippen molar-refractivity contribution in [3.05, 3.63) is 100.0 Å². The first-order valence-electron chi connectivity index (χ1n) is 8.61. The van der Waals surface area contributed by atoms with Crippen LogP contribution in [-0.4, -0.2) is 22.4 Å². The van der Waals surface area contributed by atoms with E-state index >= 15 is 0 Å². The van der Waals surface area contributed by atoms with Gasteiger partial charge in [-0.15, -0.1) is 0 Å². The first kappa shape index (κ1) is 16.8. The summed E-state index contributed by atoms with van der Waals surface area (Å²) in [6, 6.07) is 22.0. The van der Waals surface area contributed by atoms with Crippen LogP contribution in [-0.2, 0) is 6.54 Å². The van der Waals surface area contributed by atoms with Crippen molar-refractivity contribution in [3.8, 4) is 5.75 Å². The second kappa shape index (κ2) is 6.96. The average molecular weight is 358 g/mol. The number of fused-ring (bicyclic) bond motifs is 1. The number of hydrogen-bond acceptors (Lipinski definition) is 3. The number of nitrogens with one attached hydrogen (secondary N) is 1. The zero-order valence-electron chi connectivity index (χ0n) is 14.8. The molecule has 3 aromatic carbocycles. The summed E-state index contributed by atoms with van der Waals surface area (Å²) in [6.45, 7) is 0.439. The van der Waals surface area contributed by atoms with E-state index in [4.69, 9.17) is 4.74 Å². The van der Waals surface area contributed by atoms with Crippen LogP contribution < -0.4 is 10.4 Å². The molecule has 0 radical (unpaired) electrons. The van der Waals surface area contributed by atoms with Gasteiger partial charge >= 0.3 is 5.69 Å². The Morgan fingerprint density at radius 1 is 0.963 bits per heavy atom. The van der Waals surface area contributed by atoms with Crippen molar-refractivity contribution >= 4 is 16.8 Å². The zero-order chi connectivity index (χ0) is 18.8. The Hall–Kier alpha value is -3.60. The molecule has 0 atom stereocenters. The maximum Gasteiger partial charge on any atom is 0.326 e. The lowest BCUT2D eigenvalue weighted by Gasteiger charge is -2.06. The molecule has 134 valence electrons. The summed E-state index contributed by atoms with van der Waals surface area (Å²) in [6.07, 6.45) is 0. The molecule has 5 heteroatoms. The van der Waals surface area contributed by atoms with E-state index in [9.17, 15) is 9.59 Å². The fraction of sp³-hybridized carbons (Fsp3) is 0.0909. The van der Waals surface area contributed by atoms with Crippen molar-refractivity contribution in [2.75, 3.05) is 7.11 Å². The lowest BCUT2D eigenvalue weighted by Crippen LogP contribution is -2.17. The Balaban J connectivity index is 1.68. The third-order valence-electron chi connectivity index (χ3n) is 4.57. The topological polar surface area (TPSA) is 64.1 Å². The quantitative estimate of drug-likeness (QED) is 0.554. The average Bonchev–Trinajstić information content (AvgIpc) is 3.03. The van der Waals surface area contributed by atoms with Crippen molar-refractivity contribution in [1.29, 1.82) is 0 Å². The molecule has 4 rings (SSSR count). The fourth-order valence-electron chi connectivity index (χ4n) is 3.13. The summed E-state index contributed by atoms with van der Waals surface area (Å²) in [4.78, 5) is 27.9. The largest absolute Gasteiger partial charge is 0.497 e. The van der Waals surface area contributed by atoms with Crippen LogP contribution in [0, 0.1) is 0 Å². The monoisotopic (exact) mass is 358 g/mol. The molecule has 0 saturated heterocycles. The van der Waals surface area contributed by atoms with Gasteiger partial charge in [0, 0.05) is 11.1 Å². The van der Waals surface area contributed by atoms with Gasteiger partial charge in [0.05, 0.1) is 24.7 Å². The fourth-order valence-corrected chi connectivity index (χ4v) is 3.13. The number of H-pyrrole nitrogens is 1. The number of nitrogens with zero attached hydrogens (tertiary/aromatic N) is 1. The Morgan fingerprint density at radius 3 is 2.41 bits per heavy atom. The molecule has 0 bridgehead atoms. The lowest BCUT2D eigenvalue weighted by atomic mass is 10.0. The molecule has 0 fully saturated rings. The van der Waals surface area contributed by atoms with E-state index in [0.717, 1.165) is 16.8 Å². The maximum atomic E-state index is 12.6. The van der Waals surface area contributed by atoms with Crippen LogP contribution in [0.4, 0.5) is 0 Å². The van der Waals surface area contributed by atoms with Crippen molar-refractivity contribution in [2.24, 2.45) is 0 Å². The number of aromatic nitrogens is 2. The lowest BCUT2D eigenvalue weighted by molar-refractivity contribution is 0.103. The molecule has 0 aliphatic rings. The molecule has 1 N–H and O–H groups in total. The molecule has 0 aliphatic carbocycles. The van der Waals surface area contributed by atoms with Crippen LogP contribution in [0.25, 0.3) is 11.0 Å². The predicted molar refractivity (Wildman–Crippen MR) is 105 cm³/mol. The number of aromatic amines is 1. The molecular formula is C22H18N2O3. The normalized spacial score (nSPS) is 10.9. The molecular weight excluding hydrogens is 340 g/mol. The summed E-state index contributed by atoms with van der Waals surface area (Å²) in [7, 11) is 1.62. The van der Waals surface area contributed by atoms with Crippen molar-refractivity contribution in [3.63, 3.8) is 0 Å². The SMILES string of the molecule is COc1ccc(Cn2c(=O)[nH]c3cc(C(=O)c4ccccc4)ccc32)cc1. The number of carbonyl (C=O) groups is 1. The van der Waals surface area contributed by atoms with Gasteiger partial charge in [-0.25, -0.2) is 4.79 Å². The highest BCUT2D eigenvalue weighted by Gasteiger charge is 2.13. The van der Waals surface area contributed by atoms with Crippen molar-refractivity contribution in [1.82, 2.24) is 9.55 Å². The van der Waals surface area contributed by atoms with Crippen LogP contribution >= 0.6 is 0 Å². The van der Waals surface area contributed by atoms with E-state index < -0.39 is 0 Å². The molecule has 0 saturated carbocycles. The molecule has 0 aliphatic heterocycles. The van der Waals surface area contributed by atoms with E-state index in [1.54, 1.807) is 35.9 Å². The zero-order valence-corrected chi connectivity index (χ0v) is 14.8. The second-order valence-electron chi connectivity index (χ2n) is 6.29. The Labute approximate surface area is 155 Å². The summed E-state index contributed by atoms with van der Waals surface area (Å²) in [5.41, 5.74) is 3.37. The van der Waals surface area contributed by atoms with Gasteiger partial charge in [0.2, 0.25) is 0 Å². The standard InChI is InChI=1S/C22H18N2O3/c1-27-18-10-7-15(8-11-18)14-24-20-12-9-17(13-19(20)23-22(24)26)21(25)16-5-3-2-4-6-16/h2-13H,14H2,1H3,(H,23,26). The number of imidazole rings is 1. The van der Waals surface area contributed by atoms with E-state index in [2.05, 4.69) is 4.98 Å². The minimum atomic E-state index is -0.204. The molecule has 1 aromatic heterocycles. The van der Waals surface area contributed by atoms with Gasteiger partial charge in [0.1, 0.15) is 5.75 Å². The van der Waals surface area contributed by atoms with Crippen molar-refractivity contribution in [2.45, 2.75) is 6.54 Å². The molecule has 27 heavy (non-hydrogen) atoms. The van der Waals surface area contributed by atoms with Gasteiger partial charge in [-0.3, -0.25) is 9.36 Å². The summed E-state index contributed by atoms with van der Waals surface area (Å²) in [5.74, 6) is 0.704. The van der Waals surface area contributed by atoms with Crippen LogP contribution in [0.1, 0.15) is 21.5 Å². The van der Waals surface area contributed by atoms with E-state index in [1.165, 1.54) is 0 Å². The summed E-state index contributed by atoms with van der Waals surface area (Å²) < 4.78 is 6.82. The number of ketones is 1. The van der Waals surface area contributed by atoms with Crippen molar-refractivity contribution < 1.29 is 9.53 Å². The van der Waals surface area contributed by atoms with Gasteiger partial charge in [0.15, 0.2) is 5.78 Å². The molecule has 5 nitrogen and oxygen atoms in total. The van der Waals surface area contributed by atoms with Gasteiger partial charge < -0.3 is 9.72 Å². The van der Waals surface area contributed by atoms with Gasteiger partial charge in [-0.2, -0.15) is 0 Å². The third-order valence-corrected chi connectivity index (χ3v) is 4.57. The minimum absolute atomic E-state index is 0.0683. The molecule has 1 heterocycles. The third kappa shape index (κ3) is 3.27. The van der Waals surface area contributed by atoms with Gasteiger partial charge in [-0.1, -0.05) is 42.5 Å². The highest BCUT2D eigenvalue weighted by Crippen LogP contribution is 2.18. The van der Waals surface area contributed by atoms with E-state index in [1.807, 2.05) is 48.5 Å². The Kier molecular flexibility index (Phi) is 4.34. The first-order valence-corrected chi connectivity index (χ1v) is 8.61. The van der Waals surface area contributed by atoms with E-state index in [0.29, 0.717) is 23.2 Å². The number of benzene rings is 3. The van der Waals surface area contributed by atoms with Crippen LogP contribution in [0.15, 0.2) is 77.6 Å². The Morgan fingerprint density at radius 2 is 1.70 bits per heavy atom. The summed E-state index contributed by atoms with van der Waals surface area (Å²) in [5, 5.41) is 0. The molecule has 0 unspecified atom stereocenters. The number of hydrogen-bond donors (Lipinski definition) is 1. The van der Waals surface area contributed by atoms with Crippen LogP contribution in [0.2, 0.25) is 0 Å². The summed E-state index contributed by atoms with van der Waals surface area (Å²) >= 11 is 0. The number of rotatable bonds is 5. The Bertz CT molecular complexity index is 1160. The van der Waals surface area contributed by atoms with Gasteiger partial charge in [-0.05, 0) is 35.9 Å². The predicted octanol–water partition coefficient (Wildman–Crippen LogP) is 3.62.